The number of nitrogens with one attached hydrogen (secondary N) is 2. The molecule has 1 aromatic carbocycles. The summed E-state index contributed by atoms with van der Waals surface area (Å²) in [7, 11) is 3.49. The van der Waals surface area contributed by atoms with Crippen LogP contribution >= 0.6 is 0 Å². The zero-order valence-corrected chi connectivity index (χ0v) is 17.0. The van der Waals surface area contributed by atoms with Crippen LogP contribution in [0.15, 0.2) is 29.3 Å². The summed E-state index contributed by atoms with van der Waals surface area (Å²) in [4.78, 5) is 29.6. The third kappa shape index (κ3) is 9.08. The molecule has 27 heavy (non-hydrogen) atoms. The van der Waals surface area contributed by atoms with Gasteiger partial charge in [0.2, 0.25) is 0 Å². The smallest absolute Gasteiger partial charge is 0.307 e. The second kappa shape index (κ2) is 11.9. The van der Waals surface area contributed by atoms with E-state index in [9.17, 15) is 9.59 Å². The van der Waals surface area contributed by atoms with Crippen LogP contribution < -0.4 is 10.6 Å². The maximum absolute atomic E-state index is 12.0. The average Bonchev–Trinajstić information content (AvgIpc) is 2.60. The van der Waals surface area contributed by atoms with E-state index >= 15 is 0 Å². The Kier molecular flexibility index (Phi) is 9.93. The number of guanidine groups is 1. The molecule has 7 heteroatoms. The van der Waals surface area contributed by atoms with Crippen LogP contribution in [0.5, 0.6) is 0 Å². The van der Waals surface area contributed by atoms with Gasteiger partial charge in [-0.2, -0.15) is 0 Å². The molecule has 0 saturated heterocycles. The number of aliphatic imine (C=N–C) groups is 1. The highest BCUT2D eigenvalue weighted by Crippen LogP contribution is 2.07. The number of hydrogen-bond donors (Lipinski definition) is 2. The summed E-state index contributed by atoms with van der Waals surface area (Å²) in [5, 5.41) is 6.40. The SMILES string of the molecule is CCNC(=NCCC(=O)OC(C)C)NCCc1cccc(C(=O)N(C)C)c1. The van der Waals surface area contributed by atoms with E-state index in [-0.39, 0.29) is 24.4 Å². The molecule has 0 bridgehead atoms. The fraction of sp³-hybridized carbons (Fsp3) is 0.550. The third-order valence-corrected chi connectivity index (χ3v) is 3.58. The molecule has 150 valence electrons. The van der Waals surface area contributed by atoms with Crippen molar-refractivity contribution in [3.8, 4) is 0 Å². The lowest BCUT2D eigenvalue weighted by Crippen LogP contribution is -2.38. The molecule has 7 nitrogen and oxygen atoms in total. The van der Waals surface area contributed by atoms with E-state index in [4.69, 9.17) is 4.74 Å². The van der Waals surface area contributed by atoms with Gasteiger partial charge in [0, 0.05) is 32.7 Å². The molecular formula is C20H32N4O3. The molecule has 1 rings (SSSR count). The number of rotatable bonds is 9. The molecule has 0 aliphatic rings. The van der Waals surface area contributed by atoms with Crippen LogP contribution in [0.2, 0.25) is 0 Å². The van der Waals surface area contributed by atoms with Crippen molar-refractivity contribution in [1.82, 2.24) is 15.5 Å². The van der Waals surface area contributed by atoms with E-state index < -0.39 is 0 Å². The first kappa shape index (κ1) is 22.5. The highest BCUT2D eigenvalue weighted by molar-refractivity contribution is 5.94. The van der Waals surface area contributed by atoms with Crippen LogP contribution in [-0.4, -0.2) is 62.6 Å². The summed E-state index contributed by atoms with van der Waals surface area (Å²) in [6.45, 7) is 7.41. The fourth-order valence-electron chi connectivity index (χ4n) is 2.37. The van der Waals surface area contributed by atoms with Gasteiger partial charge in [-0.3, -0.25) is 14.6 Å². The normalized spacial score (nSPS) is 11.3. The van der Waals surface area contributed by atoms with Gasteiger partial charge in [0.05, 0.1) is 19.1 Å². The Morgan fingerprint density at radius 1 is 1.22 bits per heavy atom. The molecule has 0 heterocycles. The van der Waals surface area contributed by atoms with Crippen LogP contribution in [0, 0.1) is 0 Å². The molecule has 0 aliphatic heterocycles. The van der Waals surface area contributed by atoms with E-state index in [0.29, 0.717) is 24.6 Å². The third-order valence-electron chi connectivity index (χ3n) is 3.58. The van der Waals surface area contributed by atoms with E-state index in [2.05, 4.69) is 15.6 Å². The molecule has 0 saturated carbocycles. The number of carbonyl (C=O) groups is 2. The van der Waals surface area contributed by atoms with Gasteiger partial charge in [0.15, 0.2) is 5.96 Å². The van der Waals surface area contributed by atoms with Crippen molar-refractivity contribution >= 4 is 17.8 Å². The second-order valence-corrected chi connectivity index (χ2v) is 6.63. The van der Waals surface area contributed by atoms with Crippen LogP contribution in [0.3, 0.4) is 0 Å². The highest BCUT2D eigenvalue weighted by Gasteiger charge is 2.08. The first-order valence-corrected chi connectivity index (χ1v) is 9.35. The quantitative estimate of drug-likeness (QED) is 0.390. The molecule has 0 atom stereocenters. The van der Waals surface area contributed by atoms with Crippen LogP contribution in [0.4, 0.5) is 0 Å². The minimum Gasteiger partial charge on any atom is -0.463 e. The maximum atomic E-state index is 12.0. The van der Waals surface area contributed by atoms with Crippen molar-refractivity contribution < 1.29 is 14.3 Å². The van der Waals surface area contributed by atoms with Gasteiger partial charge in [-0.15, -0.1) is 0 Å². The van der Waals surface area contributed by atoms with Gasteiger partial charge in [-0.25, -0.2) is 0 Å². The number of esters is 1. The summed E-state index contributed by atoms with van der Waals surface area (Å²) in [6, 6.07) is 7.63. The molecule has 0 fully saturated rings. The zero-order chi connectivity index (χ0) is 20.2. The largest absolute Gasteiger partial charge is 0.463 e. The topological polar surface area (TPSA) is 83.0 Å². The second-order valence-electron chi connectivity index (χ2n) is 6.63. The first-order chi connectivity index (χ1) is 12.8. The molecule has 0 radical (unpaired) electrons. The van der Waals surface area contributed by atoms with Crippen molar-refractivity contribution in [1.29, 1.82) is 0 Å². The van der Waals surface area contributed by atoms with Crippen LogP contribution in [0.25, 0.3) is 0 Å². The summed E-state index contributed by atoms with van der Waals surface area (Å²) >= 11 is 0. The molecule has 1 aromatic rings. The maximum Gasteiger partial charge on any atom is 0.307 e. The number of hydrogen-bond acceptors (Lipinski definition) is 4. The number of nitrogens with zero attached hydrogens (tertiary/aromatic N) is 2. The lowest BCUT2D eigenvalue weighted by Gasteiger charge is -2.13. The van der Waals surface area contributed by atoms with Crippen molar-refractivity contribution in [2.45, 2.75) is 39.7 Å². The van der Waals surface area contributed by atoms with E-state index in [1.165, 1.54) is 0 Å². The van der Waals surface area contributed by atoms with E-state index in [0.717, 1.165) is 18.5 Å². The molecule has 0 spiro atoms. The predicted octanol–water partition coefficient (Wildman–Crippen LogP) is 1.83. The summed E-state index contributed by atoms with van der Waals surface area (Å²) in [5.41, 5.74) is 1.76. The molecule has 0 unspecified atom stereocenters. The summed E-state index contributed by atoms with van der Waals surface area (Å²) < 4.78 is 5.10. The Morgan fingerprint density at radius 3 is 2.59 bits per heavy atom. The first-order valence-electron chi connectivity index (χ1n) is 9.35. The lowest BCUT2D eigenvalue weighted by atomic mass is 10.1. The Morgan fingerprint density at radius 2 is 1.96 bits per heavy atom. The molecule has 0 aromatic heterocycles. The minimum atomic E-state index is -0.244. The van der Waals surface area contributed by atoms with Crippen molar-refractivity contribution in [2.24, 2.45) is 4.99 Å². The van der Waals surface area contributed by atoms with Crippen molar-refractivity contribution in [2.75, 3.05) is 33.7 Å². The number of amides is 1. The van der Waals surface area contributed by atoms with Crippen molar-refractivity contribution in [3.63, 3.8) is 0 Å². The zero-order valence-electron chi connectivity index (χ0n) is 17.0. The van der Waals surface area contributed by atoms with Crippen molar-refractivity contribution in [3.05, 3.63) is 35.4 Å². The Labute approximate surface area is 162 Å². The Bertz CT molecular complexity index is 642. The monoisotopic (exact) mass is 376 g/mol. The van der Waals surface area contributed by atoms with Crippen LogP contribution in [-0.2, 0) is 16.0 Å². The Balaban J connectivity index is 2.53. The average molecular weight is 377 g/mol. The fourth-order valence-corrected chi connectivity index (χ4v) is 2.37. The predicted molar refractivity (Wildman–Crippen MR) is 108 cm³/mol. The molecule has 0 aliphatic carbocycles. The minimum absolute atomic E-state index is 0.00649. The number of ether oxygens (including phenoxy) is 1. The van der Waals surface area contributed by atoms with Gasteiger partial charge in [-0.05, 0) is 44.9 Å². The van der Waals surface area contributed by atoms with Gasteiger partial charge in [0.1, 0.15) is 0 Å². The molecule has 1 amide bonds. The van der Waals surface area contributed by atoms with Gasteiger partial charge in [0.25, 0.3) is 5.91 Å². The molecular weight excluding hydrogens is 344 g/mol. The Hall–Kier alpha value is -2.57. The standard InChI is InChI=1S/C20H32N4O3/c1-6-21-20(23-13-11-18(25)27-15(2)3)22-12-10-16-8-7-9-17(14-16)19(26)24(4)5/h7-9,14-15H,6,10-13H2,1-5H3,(H2,21,22,23). The summed E-state index contributed by atoms with van der Waals surface area (Å²) in [6.07, 6.45) is 0.903. The van der Waals surface area contributed by atoms with E-state index in [1.54, 1.807) is 19.0 Å². The van der Waals surface area contributed by atoms with E-state index in [1.807, 2.05) is 45.0 Å². The van der Waals surface area contributed by atoms with Gasteiger partial charge < -0.3 is 20.3 Å². The highest BCUT2D eigenvalue weighted by atomic mass is 16.5. The van der Waals surface area contributed by atoms with Crippen LogP contribution in [0.1, 0.15) is 43.1 Å². The van der Waals surface area contributed by atoms with Gasteiger partial charge >= 0.3 is 5.97 Å². The number of carbonyl (C=O) groups excluding carboxylic acids is 2. The summed E-state index contributed by atoms with van der Waals surface area (Å²) in [5.74, 6) is 0.412. The molecule has 2 N–H and O–H groups in total. The lowest BCUT2D eigenvalue weighted by molar-refractivity contribution is -0.147. The van der Waals surface area contributed by atoms with Gasteiger partial charge in [-0.1, -0.05) is 12.1 Å². The number of benzene rings is 1.